The van der Waals surface area contributed by atoms with E-state index in [1.807, 2.05) is 60.7 Å². The second-order valence-corrected chi connectivity index (χ2v) is 5.66. The third kappa shape index (κ3) is 5.11. The normalized spacial score (nSPS) is 10.3. The molecule has 0 saturated heterocycles. The maximum absolute atomic E-state index is 9.49. The van der Waals surface area contributed by atoms with Crippen molar-refractivity contribution in [3.05, 3.63) is 90.0 Å². The van der Waals surface area contributed by atoms with E-state index in [-0.39, 0.29) is 0 Å². The number of rotatable bonds is 7. The average molecular weight is 334 g/mol. The molecular weight excluding hydrogens is 315 g/mol. The van der Waals surface area contributed by atoms with Crippen LogP contribution in [-0.4, -0.2) is 17.2 Å². The van der Waals surface area contributed by atoms with Crippen LogP contribution >= 0.6 is 0 Å². The highest BCUT2D eigenvalue weighted by atomic mass is 16.5. The van der Waals surface area contributed by atoms with Crippen LogP contribution in [0.1, 0.15) is 11.1 Å². The molecule has 0 radical (unpaired) electrons. The molecule has 0 unspecified atom stereocenters. The van der Waals surface area contributed by atoms with E-state index in [0.29, 0.717) is 30.2 Å². The minimum atomic E-state index is -1.58. The molecule has 0 aromatic heterocycles. The second kappa shape index (κ2) is 8.37. The average Bonchev–Trinajstić information content (AvgIpc) is 2.66. The Hall–Kier alpha value is -2.76. The van der Waals surface area contributed by atoms with Crippen molar-refractivity contribution in [2.75, 3.05) is 0 Å². The summed E-state index contributed by atoms with van der Waals surface area (Å²) in [6.07, 6.45) is 0. The maximum Gasteiger partial charge on any atom is 0.488 e. The van der Waals surface area contributed by atoms with E-state index >= 15 is 0 Å². The Morgan fingerprint density at radius 1 is 0.640 bits per heavy atom. The van der Waals surface area contributed by atoms with Crippen molar-refractivity contribution >= 4 is 12.6 Å². The van der Waals surface area contributed by atoms with E-state index in [9.17, 15) is 10.0 Å². The molecule has 0 amide bonds. The molecule has 0 saturated carbocycles. The van der Waals surface area contributed by atoms with Gasteiger partial charge in [0.2, 0.25) is 0 Å². The molecule has 0 aliphatic carbocycles. The molecule has 0 aliphatic rings. The molecule has 2 N–H and O–H groups in total. The van der Waals surface area contributed by atoms with Gasteiger partial charge in [0.25, 0.3) is 0 Å². The Morgan fingerprint density at radius 3 is 1.48 bits per heavy atom. The lowest BCUT2D eigenvalue weighted by molar-refractivity contribution is 0.290. The number of hydrogen-bond donors (Lipinski definition) is 2. The van der Waals surface area contributed by atoms with Gasteiger partial charge < -0.3 is 19.5 Å². The van der Waals surface area contributed by atoms with Gasteiger partial charge in [0.15, 0.2) is 0 Å². The summed E-state index contributed by atoms with van der Waals surface area (Å²) in [5.74, 6) is 1.05. The zero-order valence-electron chi connectivity index (χ0n) is 13.7. The Labute approximate surface area is 147 Å². The van der Waals surface area contributed by atoms with Crippen LogP contribution in [0.3, 0.4) is 0 Å². The Bertz CT molecular complexity index is 730. The van der Waals surface area contributed by atoms with Gasteiger partial charge in [-0.1, -0.05) is 60.7 Å². The van der Waals surface area contributed by atoms with Crippen molar-refractivity contribution in [3.63, 3.8) is 0 Å². The van der Waals surface area contributed by atoms with E-state index in [2.05, 4.69) is 0 Å². The van der Waals surface area contributed by atoms with Crippen LogP contribution in [0.5, 0.6) is 11.5 Å². The molecule has 3 rings (SSSR count). The molecule has 4 nitrogen and oxygen atoms in total. The summed E-state index contributed by atoms with van der Waals surface area (Å²) in [6, 6.07) is 24.5. The predicted octanol–water partition coefficient (Wildman–Crippen LogP) is 2.52. The quantitative estimate of drug-likeness (QED) is 0.652. The van der Waals surface area contributed by atoms with Crippen LogP contribution in [0.25, 0.3) is 0 Å². The number of hydrogen-bond acceptors (Lipinski definition) is 4. The first-order valence-corrected chi connectivity index (χ1v) is 8.05. The summed E-state index contributed by atoms with van der Waals surface area (Å²) in [5.41, 5.74) is 2.39. The van der Waals surface area contributed by atoms with Crippen molar-refractivity contribution < 1.29 is 19.5 Å². The fourth-order valence-electron chi connectivity index (χ4n) is 2.39. The molecule has 5 heteroatoms. The first kappa shape index (κ1) is 17.1. The highest BCUT2D eigenvalue weighted by molar-refractivity contribution is 6.58. The van der Waals surface area contributed by atoms with E-state index < -0.39 is 7.12 Å². The molecule has 3 aromatic rings. The van der Waals surface area contributed by atoms with E-state index in [0.717, 1.165) is 11.1 Å². The standard InChI is InChI=1S/C20H19BO4/c22-21(23)18-11-19(24-14-16-7-3-1-4-8-16)13-20(12-18)25-15-17-9-5-2-6-10-17/h1-13,22-23H,14-15H2. The molecule has 0 aliphatic heterocycles. The van der Waals surface area contributed by atoms with Crippen LogP contribution in [0.4, 0.5) is 0 Å². The minimum absolute atomic E-state index is 0.327. The Kier molecular flexibility index (Phi) is 5.72. The molecule has 0 atom stereocenters. The molecular formula is C20H19BO4. The lowest BCUT2D eigenvalue weighted by Gasteiger charge is -2.12. The molecule has 25 heavy (non-hydrogen) atoms. The zero-order chi connectivity index (χ0) is 17.5. The van der Waals surface area contributed by atoms with Crippen LogP contribution in [0, 0.1) is 0 Å². The lowest BCUT2D eigenvalue weighted by atomic mass is 9.80. The molecule has 126 valence electrons. The van der Waals surface area contributed by atoms with Crippen LogP contribution in [0.2, 0.25) is 0 Å². The monoisotopic (exact) mass is 334 g/mol. The van der Waals surface area contributed by atoms with E-state index in [1.54, 1.807) is 18.2 Å². The Morgan fingerprint density at radius 2 is 1.08 bits per heavy atom. The molecule has 0 fully saturated rings. The largest absolute Gasteiger partial charge is 0.489 e. The number of benzene rings is 3. The van der Waals surface area contributed by atoms with Crippen molar-refractivity contribution in [1.29, 1.82) is 0 Å². The van der Waals surface area contributed by atoms with Crippen LogP contribution < -0.4 is 14.9 Å². The molecule has 3 aromatic carbocycles. The van der Waals surface area contributed by atoms with Crippen LogP contribution in [0.15, 0.2) is 78.9 Å². The SMILES string of the molecule is OB(O)c1cc(OCc2ccccc2)cc(OCc2ccccc2)c1. The van der Waals surface area contributed by atoms with Crippen LogP contribution in [-0.2, 0) is 13.2 Å². The third-order valence-electron chi connectivity index (χ3n) is 3.70. The van der Waals surface area contributed by atoms with Gasteiger partial charge in [-0.25, -0.2) is 0 Å². The number of ether oxygens (including phenoxy) is 2. The topological polar surface area (TPSA) is 58.9 Å². The van der Waals surface area contributed by atoms with Gasteiger partial charge in [-0.3, -0.25) is 0 Å². The summed E-state index contributed by atoms with van der Waals surface area (Å²) in [7, 11) is -1.58. The fourth-order valence-corrected chi connectivity index (χ4v) is 2.39. The zero-order valence-corrected chi connectivity index (χ0v) is 13.7. The first-order chi connectivity index (χ1) is 12.2. The van der Waals surface area contributed by atoms with Gasteiger partial charge in [-0.05, 0) is 28.7 Å². The smallest absolute Gasteiger partial charge is 0.488 e. The summed E-state index contributed by atoms with van der Waals surface area (Å²) in [4.78, 5) is 0. The highest BCUT2D eigenvalue weighted by Gasteiger charge is 2.14. The summed E-state index contributed by atoms with van der Waals surface area (Å²) >= 11 is 0. The van der Waals surface area contributed by atoms with Gasteiger partial charge in [-0.15, -0.1) is 0 Å². The summed E-state index contributed by atoms with van der Waals surface area (Å²) in [6.45, 7) is 0.786. The maximum atomic E-state index is 9.49. The van der Waals surface area contributed by atoms with Crippen molar-refractivity contribution in [1.82, 2.24) is 0 Å². The fraction of sp³-hybridized carbons (Fsp3) is 0.100. The highest BCUT2D eigenvalue weighted by Crippen LogP contribution is 2.21. The van der Waals surface area contributed by atoms with E-state index in [4.69, 9.17) is 9.47 Å². The van der Waals surface area contributed by atoms with Crippen molar-refractivity contribution in [2.24, 2.45) is 0 Å². The molecule has 0 heterocycles. The lowest BCUT2D eigenvalue weighted by Crippen LogP contribution is -2.29. The summed E-state index contributed by atoms with van der Waals surface area (Å²) < 4.78 is 11.5. The van der Waals surface area contributed by atoms with E-state index in [1.165, 1.54) is 0 Å². The van der Waals surface area contributed by atoms with Gasteiger partial charge in [0.05, 0.1) is 0 Å². The first-order valence-electron chi connectivity index (χ1n) is 8.05. The second-order valence-electron chi connectivity index (χ2n) is 5.66. The van der Waals surface area contributed by atoms with Crippen molar-refractivity contribution in [3.8, 4) is 11.5 Å². The Balaban J connectivity index is 1.72. The summed E-state index contributed by atoms with van der Waals surface area (Å²) in [5, 5.41) is 19.0. The van der Waals surface area contributed by atoms with Crippen molar-refractivity contribution in [2.45, 2.75) is 13.2 Å². The molecule has 0 spiro atoms. The van der Waals surface area contributed by atoms with Gasteiger partial charge >= 0.3 is 7.12 Å². The minimum Gasteiger partial charge on any atom is -0.489 e. The molecule has 0 bridgehead atoms. The van der Waals surface area contributed by atoms with Gasteiger partial charge in [0.1, 0.15) is 24.7 Å². The van der Waals surface area contributed by atoms with Gasteiger partial charge in [-0.2, -0.15) is 0 Å². The third-order valence-corrected chi connectivity index (χ3v) is 3.70. The predicted molar refractivity (Wildman–Crippen MR) is 97.8 cm³/mol. The van der Waals surface area contributed by atoms with Gasteiger partial charge in [0, 0.05) is 6.07 Å².